The number of allylic oxidation sites excluding steroid dienone is 2. The summed E-state index contributed by atoms with van der Waals surface area (Å²) in [6.45, 7) is 16.9. The van der Waals surface area contributed by atoms with Crippen molar-refractivity contribution in [3.63, 3.8) is 0 Å². The van der Waals surface area contributed by atoms with Crippen LogP contribution in [-0.2, 0) is 4.79 Å². The van der Waals surface area contributed by atoms with E-state index in [1.807, 2.05) is 0 Å². The van der Waals surface area contributed by atoms with E-state index >= 15 is 0 Å². The molecule has 2 N–H and O–H groups in total. The first-order valence-electron chi connectivity index (χ1n) is 13.8. The van der Waals surface area contributed by atoms with Gasteiger partial charge in [0.2, 0.25) is 0 Å². The second-order valence-electron chi connectivity index (χ2n) is 15.1. The molecule has 186 valence electrons. The molecule has 0 saturated heterocycles. The first-order valence-corrected chi connectivity index (χ1v) is 13.8. The molecule has 0 radical (unpaired) electrons. The molecule has 0 bridgehead atoms. The number of carbonyl (C=O) groups is 1. The highest BCUT2D eigenvalue weighted by molar-refractivity contribution is 5.76. The van der Waals surface area contributed by atoms with Crippen molar-refractivity contribution in [3.05, 3.63) is 11.6 Å². The Hall–Kier alpha value is -0.830. The molecule has 3 nitrogen and oxygen atoms in total. The van der Waals surface area contributed by atoms with Crippen LogP contribution in [0.1, 0.15) is 113 Å². The zero-order valence-electron chi connectivity index (χ0n) is 22.3. The summed E-state index contributed by atoms with van der Waals surface area (Å²) >= 11 is 0. The molecule has 4 fully saturated rings. The molecule has 0 aliphatic heterocycles. The summed E-state index contributed by atoms with van der Waals surface area (Å²) in [7, 11) is 0. The second kappa shape index (κ2) is 6.89. The molecule has 0 amide bonds. The van der Waals surface area contributed by atoms with Gasteiger partial charge in [-0.3, -0.25) is 4.79 Å². The fourth-order valence-corrected chi connectivity index (χ4v) is 10.6. The van der Waals surface area contributed by atoms with E-state index in [1.165, 1.54) is 18.4 Å². The van der Waals surface area contributed by atoms with Crippen LogP contribution >= 0.6 is 0 Å². The molecule has 8 atom stereocenters. The predicted molar refractivity (Wildman–Crippen MR) is 133 cm³/mol. The molecule has 1 unspecified atom stereocenters. The number of aliphatic hydroxyl groups excluding tert-OH is 1. The Bertz CT molecular complexity index is 885. The summed E-state index contributed by atoms with van der Waals surface area (Å²) in [6.07, 6.45) is 12.6. The third-order valence-corrected chi connectivity index (χ3v) is 13.0. The highest BCUT2D eigenvalue weighted by Gasteiger charge is 2.69. The van der Waals surface area contributed by atoms with Gasteiger partial charge in [-0.25, -0.2) is 0 Å². The number of aliphatic carboxylic acids is 1. The van der Waals surface area contributed by atoms with Crippen LogP contribution in [0.5, 0.6) is 0 Å². The maximum atomic E-state index is 12.8. The molecule has 33 heavy (non-hydrogen) atoms. The lowest BCUT2D eigenvalue weighted by molar-refractivity contribution is -0.205. The summed E-state index contributed by atoms with van der Waals surface area (Å²) < 4.78 is 0. The van der Waals surface area contributed by atoms with Crippen LogP contribution in [-0.4, -0.2) is 22.3 Å². The maximum Gasteiger partial charge on any atom is 0.310 e. The second-order valence-corrected chi connectivity index (χ2v) is 15.1. The topological polar surface area (TPSA) is 57.5 Å². The van der Waals surface area contributed by atoms with Crippen LogP contribution in [0.3, 0.4) is 0 Å². The number of carboxylic acid groups (broad SMARTS) is 1. The third kappa shape index (κ3) is 2.87. The zero-order valence-corrected chi connectivity index (χ0v) is 22.3. The third-order valence-electron chi connectivity index (χ3n) is 13.0. The summed E-state index contributed by atoms with van der Waals surface area (Å²) in [4.78, 5) is 12.8. The van der Waals surface area contributed by atoms with Crippen molar-refractivity contribution in [3.8, 4) is 0 Å². The van der Waals surface area contributed by atoms with Gasteiger partial charge in [-0.15, -0.1) is 0 Å². The Balaban J connectivity index is 1.60. The predicted octanol–water partition coefficient (Wildman–Crippen LogP) is 7.23. The number of hydrogen-bond donors (Lipinski definition) is 2. The first kappa shape index (κ1) is 23.9. The molecule has 0 aromatic carbocycles. The van der Waals surface area contributed by atoms with Crippen molar-refractivity contribution >= 4 is 5.97 Å². The molecule has 5 aliphatic rings. The number of aliphatic hydroxyl groups is 1. The summed E-state index contributed by atoms with van der Waals surface area (Å²) in [5.41, 5.74) is 1.68. The molecule has 0 aromatic heterocycles. The largest absolute Gasteiger partial charge is 0.481 e. The summed E-state index contributed by atoms with van der Waals surface area (Å²) in [5.74, 6) is 0.807. The van der Waals surface area contributed by atoms with E-state index in [0.29, 0.717) is 11.8 Å². The SMILES string of the molecule is CC1(C)CCC2(C(=O)O)CC[C@]3(C)C(=CC[C@@H]4[C@@]5(C)CC[C@H](O)C(C)(C)[C@@H]5CC[C@]43C)[C@@H]2C1. The van der Waals surface area contributed by atoms with E-state index in [1.54, 1.807) is 0 Å². The lowest BCUT2D eigenvalue weighted by Gasteiger charge is -2.71. The highest BCUT2D eigenvalue weighted by Crippen LogP contribution is 2.75. The minimum Gasteiger partial charge on any atom is -0.481 e. The molecule has 0 spiro atoms. The van der Waals surface area contributed by atoms with E-state index in [4.69, 9.17) is 0 Å². The first-order chi connectivity index (χ1) is 15.1. The minimum absolute atomic E-state index is 0.0301. The van der Waals surface area contributed by atoms with E-state index in [9.17, 15) is 15.0 Å². The van der Waals surface area contributed by atoms with E-state index < -0.39 is 11.4 Å². The zero-order chi connectivity index (χ0) is 24.2. The minimum atomic E-state index is -0.553. The molecule has 3 heteroatoms. The molecule has 5 rings (SSSR count). The Morgan fingerprint density at radius 2 is 1.55 bits per heavy atom. The fraction of sp³-hybridized carbons (Fsp3) is 0.900. The van der Waals surface area contributed by atoms with E-state index in [-0.39, 0.29) is 39.1 Å². The summed E-state index contributed by atoms with van der Waals surface area (Å²) in [6, 6.07) is 0. The Morgan fingerprint density at radius 3 is 2.21 bits per heavy atom. The van der Waals surface area contributed by atoms with E-state index in [2.05, 4.69) is 54.5 Å². The van der Waals surface area contributed by atoms with Gasteiger partial charge in [-0.2, -0.15) is 0 Å². The van der Waals surface area contributed by atoms with Crippen molar-refractivity contribution in [2.24, 2.45) is 50.2 Å². The molecular formula is C30H48O3. The summed E-state index contributed by atoms with van der Waals surface area (Å²) in [5, 5.41) is 21.4. The Labute approximate surface area is 201 Å². The van der Waals surface area contributed by atoms with Gasteiger partial charge in [0, 0.05) is 0 Å². The molecule has 5 aliphatic carbocycles. The van der Waals surface area contributed by atoms with Gasteiger partial charge in [0.05, 0.1) is 11.5 Å². The monoisotopic (exact) mass is 456 g/mol. The quantitative estimate of drug-likeness (QED) is 0.409. The smallest absolute Gasteiger partial charge is 0.310 e. The van der Waals surface area contributed by atoms with Crippen molar-refractivity contribution < 1.29 is 15.0 Å². The van der Waals surface area contributed by atoms with Gasteiger partial charge in [0.25, 0.3) is 0 Å². The average molecular weight is 457 g/mol. The van der Waals surface area contributed by atoms with Crippen LogP contribution in [0.4, 0.5) is 0 Å². The lowest BCUT2D eigenvalue weighted by atomic mass is 9.33. The maximum absolute atomic E-state index is 12.8. The van der Waals surface area contributed by atoms with Gasteiger partial charge < -0.3 is 10.2 Å². The van der Waals surface area contributed by atoms with Crippen LogP contribution in [0.25, 0.3) is 0 Å². The lowest BCUT2D eigenvalue weighted by Crippen LogP contribution is -2.65. The van der Waals surface area contributed by atoms with Crippen LogP contribution < -0.4 is 0 Å². The molecular weight excluding hydrogens is 408 g/mol. The van der Waals surface area contributed by atoms with Crippen molar-refractivity contribution in [1.82, 2.24) is 0 Å². The van der Waals surface area contributed by atoms with Crippen LogP contribution in [0.2, 0.25) is 0 Å². The molecule has 0 aromatic rings. The number of fused-ring (bicyclic) bond motifs is 7. The van der Waals surface area contributed by atoms with Crippen LogP contribution in [0, 0.1) is 50.2 Å². The van der Waals surface area contributed by atoms with Gasteiger partial charge in [0.1, 0.15) is 0 Å². The van der Waals surface area contributed by atoms with Crippen molar-refractivity contribution in [2.45, 2.75) is 119 Å². The highest BCUT2D eigenvalue weighted by atomic mass is 16.4. The van der Waals surface area contributed by atoms with E-state index in [0.717, 1.165) is 51.4 Å². The van der Waals surface area contributed by atoms with Crippen molar-refractivity contribution in [2.75, 3.05) is 0 Å². The van der Waals surface area contributed by atoms with Gasteiger partial charge in [-0.1, -0.05) is 60.1 Å². The number of rotatable bonds is 1. The van der Waals surface area contributed by atoms with Crippen molar-refractivity contribution in [1.29, 1.82) is 0 Å². The Kier molecular flexibility index (Phi) is 4.99. The normalized spacial score (nSPS) is 52.4. The average Bonchev–Trinajstić information content (AvgIpc) is 2.71. The molecule has 0 heterocycles. The number of hydrogen-bond acceptors (Lipinski definition) is 2. The van der Waals surface area contributed by atoms with Crippen LogP contribution in [0.15, 0.2) is 11.6 Å². The van der Waals surface area contributed by atoms with Gasteiger partial charge >= 0.3 is 5.97 Å². The molecule has 4 saturated carbocycles. The number of carboxylic acids is 1. The fourth-order valence-electron chi connectivity index (χ4n) is 10.6. The standard InChI is InChI=1S/C30H48O3/c1-25(2)14-16-30(24(32)33)17-15-28(6)19(20(30)18-25)8-9-22-27(5)12-11-23(31)26(3,4)21(27)10-13-29(22,28)7/h8,20-23,31H,9-18H2,1-7H3,(H,32,33)/t20-,21-,22+,23-,27-,28+,29+,30?/m0/s1. The van der Waals surface area contributed by atoms with Gasteiger partial charge in [0.15, 0.2) is 0 Å². The van der Waals surface area contributed by atoms with Gasteiger partial charge in [-0.05, 0) is 109 Å². The Morgan fingerprint density at radius 1 is 0.879 bits per heavy atom.